The van der Waals surface area contributed by atoms with Crippen LogP contribution < -0.4 is 10.1 Å². The van der Waals surface area contributed by atoms with E-state index in [9.17, 15) is 4.21 Å². The Hall–Kier alpha value is -1.65. The molecule has 1 N–H and O–H groups in total. The molecule has 0 aliphatic heterocycles. The maximum atomic E-state index is 11.4. The van der Waals surface area contributed by atoms with Crippen LogP contribution in [0.25, 0.3) is 0 Å². The van der Waals surface area contributed by atoms with E-state index in [1.165, 1.54) is 24.0 Å². The predicted molar refractivity (Wildman–Crippen MR) is 94.4 cm³/mol. The fourth-order valence-electron chi connectivity index (χ4n) is 3.02. The average molecular weight is 329 g/mol. The molecular formula is C19H23NO2S. The molecule has 2 aromatic carbocycles. The van der Waals surface area contributed by atoms with E-state index in [0.29, 0.717) is 0 Å². The Morgan fingerprint density at radius 3 is 2.43 bits per heavy atom. The van der Waals surface area contributed by atoms with Crippen molar-refractivity contribution in [1.29, 1.82) is 0 Å². The molecule has 0 bridgehead atoms. The van der Waals surface area contributed by atoms with Gasteiger partial charge in [-0.25, -0.2) is 0 Å². The minimum atomic E-state index is -0.910. The number of para-hydroxylation sites is 1. The molecule has 0 radical (unpaired) electrons. The summed E-state index contributed by atoms with van der Waals surface area (Å²) in [6.07, 6.45) is 4.11. The molecule has 1 aliphatic rings. The largest absolute Gasteiger partial charge is 0.496 e. The summed E-state index contributed by atoms with van der Waals surface area (Å²) in [7, 11) is 0.828. The summed E-state index contributed by atoms with van der Waals surface area (Å²) in [5, 5.41) is 3.57. The molecule has 3 nitrogen and oxygen atoms in total. The van der Waals surface area contributed by atoms with E-state index in [4.69, 9.17) is 4.74 Å². The number of hydrogen-bond acceptors (Lipinski definition) is 3. The third-order valence-corrected chi connectivity index (χ3v) is 5.52. The molecule has 1 aliphatic carbocycles. The highest BCUT2D eigenvalue weighted by atomic mass is 32.2. The molecule has 3 rings (SSSR count). The van der Waals surface area contributed by atoms with Crippen molar-refractivity contribution in [2.24, 2.45) is 0 Å². The zero-order valence-corrected chi connectivity index (χ0v) is 14.5. The van der Waals surface area contributed by atoms with Gasteiger partial charge in [-0.2, -0.15) is 0 Å². The van der Waals surface area contributed by atoms with Crippen molar-refractivity contribution in [1.82, 2.24) is 5.32 Å². The molecule has 1 fully saturated rings. The van der Waals surface area contributed by atoms with E-state index in [0.717, 1.165) is 23.7 Å². The highest BCUT2D eigenvalue weighted by molar-refractivity contribution is 7.84. The fourth-order valence-corrected chi connectivity index (χ4v) is 3.54. The van der Waals surface area contributed by atoms with E-state index in [2.05, 4.69) is 17.4 Å². The Bertz CT molecular complexity index is 693. The van der Waals surface area contributed by atoms with E-state index in [1.54, 1.807) is 13.4 Å². The van der Waals surface area contributed by atoms with Crippen LogP contribution in [0, 0.1) is 0 Å². The second-order valence-electron chi connectivity index (χ2n) is 6.18. The Balaban J connectivity index is 1.61. The Kier molecular flexibility index (Phi) is 4.83. The van der Waals surface area contributed by atoms with Crippen LogP contribution in [0.1, 0.15) is 24.0 Å². The first kappa shape index (κ1) is 16.2. The summed E-state index contributed by atoms with van der Waals surface area (Å²) < 4.78 is 16.9. The van der Waals surface area contributed by atoms with Crippen LogP contribution in [-0.2, 0) is 22.8 Å². The van der Waals surface area contributed by atoms with Crippen molar-refractivity contribution in [2.75, 3.05) is 19.9 Å². The summed E-state index contributed by atoms with van der Waals surface area (Å²) in [4.78, 5) is 0.876. The first-order chi connectivity index (χ1) is 11.1. The molecule has 0 saturated heterocycles. The van der Waals surface area contributed by atoms with E-state index in [1.807, 2.05) is 36.4 Å². The van der Waals surface area contributed by atoms with Crippen LogP contribution >= 0.6 is 0 Å². The molecule has 0 heterocycles. The van der Waals surface area contributed by atoms with Gasteiger partial charge in [0.05, 0.1) is 7.11 Å². The maximum Gasteiger partial charge on any atom is 0.122 e. The molecule has 2 aromatic rings. The molecule has 0 amide bonds. The lowest BCUT2D eigenvalue weighted by molar-refractivity contribution is 0.401. The van der Waals surface area contributed by atoms with Crippen LogP contribution in [0.15, 0.2) is 53.4 Å². The normalized spacial score (nSPS) is 16.8. The van der Waals surface area contributed by atoms with Gasteiger partial charge in [-0.1, -0.05) is 30.3 Å². The lowest BCUT2D eigenvalue weighted by atomic mass is 9.95. The van der Waals surface area contributed by atoms with Gasteiger partial charge in [0.25, 0.3) is 0 Å². The minimum Gasteiger partial charge on any atom is -0.496 e. The van der Waals surface area contributed by atoms with Crippen LogP contribution in [-0.4, -0.2) is 24.1 Å². The Labute approximate surface area is 140 Å². The number of benzene rings is 2. The van der Waals surface area contributed by atoms with Gasteiger partial charge in [0, 0.05) is 46.0 Å². The summed E-state index contributed by atoms with van der Waals surface area (Å²) in [5.74, 6) is 0.988. The SMILES string of the molecule is COc1ccccc1C1(CNCc2ccc([S@@](C)=O)cc2)CC1. The number of methoxy groups -OCH3 is 1. The fraction of sp³-hybridized carbons (Fsp3) is 0.368. The van der Waals surface area contributed by atoms with Gasteiger partial charge in [0.1, 0.15) is 5.75 Å². The highest BCUT2D eigenvalue weighted by Gasteiger charge is 2.45. The second-order valence-corrected chi connectivity index (χ2v) is 7.56. The molecule has 4 heteroatoms. The third kappa shape index (κ3) is 3.65. The van der Waals surface area contributed by atoms with Gasteiger partial charge in [0.15, 0.2) is 0 Å². The van der Waals surface area contributed by atoms with Crippen LogP contribution in [0.2, 0.25) is 0 Å². The van der Waals surface area contributed by atoms with Crippen molar-refractivity contribution < 1.29 is 8.95 Å². The zero-order chi connectivity index (χ0) is 16.3. The second kappa shape index (κ2) is 6.85. The van der Waals surface area contributed by atoms with Gasteiger partial charge in [-0.05, 0) is 36.6 Å². The van der Waals surface area contributed by atoms with Gasteiger partial charge in [-0.15, -0.1) is 0 Å². The van der Waals surface area contributed by atoms with E-state index < -0.39 is 10.8 Å². The molecular weight excluding hydrogens is 306 g/mol. The molecule has 1 atom stereocenters. The van der Waals surface area contributed by atoms with Crippen molar-refractivity contribution in [3.05, 3.63) is 59.7 Å². The molecule has 0 aromatic heterocycles. The Morgan fingerprint density at radius 1 is 1.13 bits per heavy atom. The maximum absolute atomic E-state index is 11.4. The lowest BCUT2D eigenvalue weighted by Crippen LogP contribution is -2.27. The van der Waals surface area contributed by atoms with Gasteiger partial charge < -0.3 is 10.1 Å². The number of hydrogen-bond donors (Lipinski definition) is 1. The average Bonchev–Trinajstić information content (AvgIpc) is 3.36. The van der Waals surface area contributed by atoms with Gasteiger partial charge in [0.2, 0.25) is 0 Å². The first-order valence-electron chi connectivity index (χ1n) is 7.91. The molecule has 122 valence electrons. The van der Waals surface area contributed by atoms with Crippen LogP contribution in [0.4, 0.5) is 0 Å². The van der Waals surface area contributed by atoms with Crippen molar-refractivity contribution >= 4 is 10.8 Å². The molecule has 0 unspecified atom stereocenters. The summed E-state index contributed by atoms with van der Waals surface area (Å²) >= 11 is 0. The Morgan fingerprint density at radius 2 is 1.83 bits per heavy atom. The van der Waals surface area contributed by atoms with Crippen LogP contribution in [0.3, 0.4) is 0 Å². The summed E-state index contributed by atoms with van der Waals surface area (Å²) in [6, 6.07) is 16.3. The molecule has 23 heavy (non-hydrogen) atoms. The smallest absolute Gasteiger partial charge is 0.122 e. The van der Waals surface area contributed by atoms with E-state index >= 15 is 0 Å². The van der Waals surface area contributed by atoms with Gasteiger partial charge >= 0.3 is 0 Å². The molecule has 0 spiro atoms. The van der Waals surface area contributed by atoms with E-state index in [-0.39, 0.29) is 5.41 Å². The van der Waals surface area contributed by atoms with Gasteiger partial charge in [-0.3, -0.25) is 4.21 Å². The quantitative estimate of drug-likeness (QED) is 0.847. The van der Waals surface area contributed by atoms with Crippen molar-refractivity contribution in [3.8, 4) is 5.75 Å². The minimum absolute atomic E-state index is 0.220. The highest BCUT2D eigenvalue weighted by Crippen LogP contribution is 2.50. The number of ether oxygens (including phenoxy) is 1. The summed E-state index contributed by atoms with van der Waals surface area (Å²) in [5.41, 5.74) is 2.75. The number of rotatable bonds is 7. The monoisotopic (exact) mass is 329 g/mol. The molecule has 1 saturated carbocycles. The lowest BCUT2D eigenvalue weighted by Gasteiger charge is -2.19. The topological polar surface area (TPSA) is 38.3 Å². The predicted octanol–water partition coefficient (Wildman–Crippen LogP) is 3.25. The van der Waals surface area contributed by atoms with Crippen molar-refractivity contribution in [3.63, 3.8) is 0 Å². The van der Waals surface area contributed by atoms with Crippen molar-refractivity contribution in [2.45, 2.75) is 29.7 Å². The standard InChI is InChI=1S/C19H23NO2S/c1-22-18-6-4-3-5-17(18)19(11-12-19)14-20-13-15-7-9-16(10-8-15)23(2)21/h3-10,20H,11-14H2,1-2H3/t23-/m1/s1. The number of nitrogens with one attached hydrogen (secondary N) is 1. The zero-order valence-electron chi connectivity index (χ0n) is 13.7. The third-order valence-electron chi connectivity index (χ3n) is 4.58. The first-order valence-corrected chi connectivity index (χ1v) is 9.47. The van der Waals surface area contributed by atoms with Crippen LogP contribution in [0.5, 0.6) is 5.75 Å². The summed E-state index contributed by atoms with van der Waals surface area (Å²) in [6.45, 7) is 1.78.